The molecular formula is C12H16ClNO. The van der Waals surface area contributed by atoms with Gasteiger partial charge in [0.15, 0.2) is 0 Å². The van der Waals surface area contributed by atoms with Crippen LogP contribution in [0.3, 0.4) is 0 Å². The minimum atomic E-state index is 0.269. The molecule has 1 aromatic rings. The predicted octanol–water partition coefficient (Wildman–Crippen LogP) is 2.13. The Balaban J connectivity index is 1.91. The second kappa shape index (κ2) is 4.86. The van der Waals surface area contributed by atoms with Gasteiger partial charge in [-0.25, -0.2) is 0 Å². The minimum absolute atomic E-state index is 0.269. The number of nitrogens with one attached hydrogen (secondary N) is 1. The second-order valence-electron chi connectivity index (χ2n) is 3.95. The minimum Gasteiger partial charge on any atom is -0.488 e. The van der Waals surface area contributed by atoms with E-state index in [0.29, 0.717) is 5.88 Å². The Bertz CT molecular complexity index is 340. The van der Waals surface area contributed by atoms with Crippen molar-refractivity contribution in [1.29, 1.82) is 0 Å². The summed E-state index contributed by atoms with van der Waals surface area (Å²) < 4.78 is 5.80. The maximum Gasteiger partial charge on any atom is 0.123 e. The van der Waals surface area contributed by atoms with E-state index in [9.17, 15) is 0 Å². The van der Waals surface area contributed by atoms with Crippen molar-refractivity contribution in [1.82, 2.24) is 5.32 Å². The van der Waals surface area contributed by atoms with Gasteiger partial charge in [0.1, 0.15) is 11.9 Å². The van der Waals surface area contributed by atoms with Crippen LogP contribution in [0.5, 0.6) is 5.75 Å². The number of hydrogen-bond acceptors (Lipinski definition) is 2. The van der Waals surface area contributed by atoms with Crippen molar-refractivity contribution >= 4 is 11.6 Å². The predicted molar refractivity (Wildman–Crippen MR) is 62.9 cm³/mol. The molecule has 0 amide bonds. The van der Waals surface area contributed by atoms with E-state index < -0.39 is 0 Å². The fourth-order valence-corrected chi connectivity index (χ4v) is 2.03. The Morgan fingerprint density at radius 1 is 1.53 bits per heavy atom. The van der Waals surface area contributed by atoms with Crippen LogP contribution in [0.25, 0.3) is 0 Å². The molecule has 15 heavy (non-hydrogen) atoms. The summed E-state index contributed by atoms with van der Waals surface area (Å²) in [5.74, 6) is 1.69. The first-order valence-electron chi connectivity index (χ1n) is 5.32. The maximum atomic E-state index is 5.80. The van der Waals surface area contributed by atoms with E-state index in [-0.39, 0.29) is 6.10 Å². The van der Waals surface area contributed by atoms with Crippen molar-refractivity contribution in [3.05, 3.63) is 29.3 Å². The highest BCUT2D eigenvalue weighted by Crippen LogP contribution is 2.29. The molecule has 0 saturated heterocycles. The molecule has 1 unspecified atom stereocenters. The van der Waals surface area contributed by atoms with Crippen LogP contribution in [0.2, 0.25) is 0 Å². The number of fused-ring (bicyclic) bond motifs is 1. The zero-order valence-corrected chi connectivity index (χ0v) is 9.68. The third-order valence-corrected chi connectivity index (χ3v) is 2.79. The van der Waals surface area contributed by atoms with Crippen molar-refractivity contribution in [2.45, 2.75) is 19.4 Å². The first-order chi connectivity index (χ1) is 7.29. The topological polar surface area (TPSA) is 21.3 Å². The van der Waals surface area contributed by atoms with Crippen LogP contribution in [0.15, 0.2) is 18.2 Å². The molecule has 1 N–H and O–H groups in total. The van der Waals surface area contributed by atoms with Crippen LogP contribution < -0.4 is 10.1 Å². The fourth-order valence-electron chi connectivity index (χ4n) is 1.89. The smallest absolute Gasteiger partial charge is 0.123 e. The highest BCUT2D eigenvalue weighted by molar-refractivity contribution is 6.18. The molecule has 0 radical (unpaired) electrons. The first kappa shape index (κ1) is 10.8. The first-order valence-corrected chi connectivity index (χ1v) is 5.86. The molecule has 1 aliphatic rings. The molecule has 1 heterocycles. The van der Waals surface area contributed by atoms with Crippen LogP contribution in [-0.2, 0) is 6.42 Å². The molecule has 0 saturated carbocycles. The third kappa shape index (κ3) is 2.64. The summed E-state index contributed by atoms with van der Waals surface area (Å²) in [7, 11) is 0. The monoisotopic (exact) mass is 225 g/mol. The van der Waals surface area contributed by atoms with E-state index in [0.717, 1.165) is 25.3 Å². The van der Waals surface area contributed by atoms with E-state index in [1.165, 1.54) is 11.1 Å². The van der Waals surface area contributed by atoms with E-state index in [1.54, 1.807) is 0 Å². The van der Waals surface area contributed by atoms with Gasteiger partial charge in [-0.05, 0) is 18.6 Å². The summed E-state index contributed by atoms with van der Waals surface area (Å²) in [6.45, 7) is 3.83. The lowest BCUT2D eigenvalue weighted by molar-refractivity contribution is 0.229. The van der Waals surface area contributed by atoms with Gasteiger partial charge in [-0.1, -0.05) is 17.7 Å². The Morgan fingerprint density at radius 2 is 2.40 bits per heavy atom. The highest BCUT2D eigenvalue weighted by Gasteiger charge is 2.21. The molecule has 2 nitrogen and oxygen atoms in total. The zero-order chi connectivity index (χ0) is 10.7. The molecule has 1 aliphatic heterocycles. The summed E-state index contributed by atoms with van der Waals surface area (Å²) in [5, 5.41) is 3.27. The number of benzene rings is 1. The van der Waals surface area contributed by atoms with Gasteiger partial charge in [-0.3, -0.25) is 0 Å². The van der Waals surface area contributed by atoms with E-state index >= 15 is 0 Å². The van der Waals surface area contributed by atoms with Gasteiger partial charge in [0.05, 0.1) is 0 Å². The Kier molecular flexibility index (Phi) is 3.49. The average Bonchev–Trinajstić information content (AvgIpc) is 2.60. The van der Waals surface area contributed by atoms with E-state index in [4.69, 9.17) is 16.3 Å². The summed E-state index contributed by atoms with van der Waals surface area (Å²) in [5.41, 5.74) is 2.62. The van der Waals surface area contributed by atoms with Gasteiger partial charge < -0.3 is 10.1 Å². The zero-order valence-electron chi connectivity index (χ0n) is 8.92. The molecule has 3 heteroatoms. The maximum absolute atomic E-state index is 5.80. The van der Waals surface area contributed by atoms with E-state index in [1.807, 2.05) is 0 Å². The standard InChI is InChI=1S/C12H16ClNO/c1-9-2-3-12-10(6-9)7-11(15-12)8-14-5-4-13/h2-3,6,11,14H,4-5,7-8H2,1H3. The van der Waals surface area contributed by atoms with Crippen molar-refractivity contribution in [3.63, 3.8) is 0 Å². The van der Waals surface area contributed by atoms with Crippen LogP contribution >= 0.6 is 11.6 Å². The number of ether oxygens (including phenoxy) is 1. The van der Waals surface area contributed by atoms with Gasteiger partial charge in [-0.15, -0.1) is 11.6 Å². The van der Waals surface area contributed by atoms with Crippen molar-refractivity contribution in [2.75, 3.05) is 19.0 Å². The van der Waals surface area contributed by atoms with Gasteiger partial charge in [0.2, 0.25) is 0 Å². The van der Waals surface area contributed by atoms with Crippen molar-refractivity contribution < 1.29 is 4.74 Å². The van der Waals surface area contributed by atoms with Crippen molar-refractivity contribution in [2.24, 2.45) is 0 Å². The molecule has 1 atom stereocenters. The molecule has 2 rings (SSSR count). The van der Waals surface area contributed by atoms with Gasteiger partial charge in [0.25, 0.3) is 0 Å². The summed E-state index contributed by atoms with van der Waals surface area (Å²) in [6, 6.07) is 6.36. The Hall–Kier alpha value is -0.730. The quantitative estimate of drug-likeness (QED) is 0.626. The lowest BCUT2D eigenvalue weighted by Gasteiger charge is -2.10. The molecule has 1 aromatic carbocycles. The number of halogens is 1. The summed E-state index contributed by atoms with van der Waals surface area (Å²) in [6.07, 6.45) is 1.27. The molecule has 0 aliphatic carbocycles. The molecule has 0 aromatic heterocycles. The average molecular weight is 226 g/mol. The third-order valence-electron chi connectivity index (χ3n) is 2.60. The van der Waals surface area contributed by atoms with Gasteiger partial charge >= 0.3 is 0 Å². The summed E-state index contributed by atoms with van der Waals surface area (Å²) in [4.78, 5) is 0. The number of rotatable bonds is 4. The van der Waals surface area contributed by atoms with Gasteiger partial charge in [-0.2, -0.15) is 0 Å². The van der Waals surface area contributed by atoms with Crippen LogP contribution in [0.1, 0.15) is 11.1 Å². The number of alkyl halides is 1. The lowest BCUT2D eigenvalue weighted by atomic mass is 10.1. The number of aryl methyl sites for hydroxylation is 1. The normalized spacial score (nSPS) is 18.7. The largest absolute Gasteiger partial charge is 0.488 e. The molecule has 0 fully saturated rings. The highest BCUT2D eigenvalue weighted by atomic mass is 35.5. The fraction of sp³-hybridized carbons (Fsp3) is 0.500. The SMILES string of the molecule is Cc1ccc2c(c1)CC(CNCCCl)O2. The Morgan fingerprint density at radius 3 is 3.20 bits per heavy atom. The second-order valence-corrected chi connectivity index (χ2v) is 4.33. The summed E-state index contributed by atoms with van der Waals surface area (Å²) >= 11 is 5.59. The number of hydrogen-bond donors (Lipinski definition) is 1. The molecular weight excluding hydrogens is 210 g/mol. The van der Waals surface area contributed by atoms with Crippen LogP contribution in [0.4, 0.5) is 0 Å². The van der Waals surface area contributed by atoms with Crippen molar-refractivity contribution in [3.8, 4) is 5.75 Å². The van der Waals surface area contributed by atoms with Crippen LogP contribution in [-0.4, -0.2) is 25.1 Å². The molecule has 82 valence electrons. The van der Waals surface area contributed by atoms with E-state index in [2.05, 4.69) is 30.4 Å². The van der Waals surface area contributed by atoms with Crippen LogP contribution in [0, 0.1) is 6.92 Å². The Labute approximate surface area is 95.6 Å². The molecule has 0 spiro atoms. The molecule has 0 bridgehead atoms. The van der Waals surface area contributed by atoms with Gasteiger partial charge in [0, 0.05) is 25.4 Å². The lowest BCUT2D eigenvalue weighted by Crippen LogP contribution is -2.31.